The van der Waals surface area contributed by atoms with Gasteiger partial charge < -0.3 is 14.6 Å². The molecule has 4 aromatic rings. The van der Waals surface area contributed by atoms with Crippen molar-refractivity contribution >= 4 is 5.91 Å². The van der Waals surface area contributed by atoms with Crippen LogP contribution in [0.25, 0.3) is 22.5 Å². The van der Waals surface area contributed by atoms with Gasteiger partial charge >= 0.3 is 0 Å². The summed E-state index contributed by atoms with van der Waals surface area (Å²) >= 11 is 0. The van der Waals surface area contributed by atoms with Crippen LogP contribution < -0.4 is 10.1 Å². The van der Waals surface area contributed by atoms with Crippen molar-refractivity contribution in [2.45, 2.75) is 32.4 Å². The molecule has 160 valence electrons. The highest BCUT2D eigenvalue weighted by molar-refractivity contribution is 5.79. The molecule has 5 heteroatoms. The number of nitrogens with zero attached hydrogens (tertiary/aromatic N) is 1. The lowest BCUT2D eigenvalue weighted by Gasteiger charge is -2.05. The Kier molecular flexibility index (Phi) is 5.46. The molecule has 0 radical (unpaired) electrons. The fourth-order valence-electron chi connectivity index (χ4n) is 3.99. The number of hydrogen-bond donors (Lipinski definition) is 1. The third-order valence-electron chi connectivity index (χ3n) is 5.63. The number of rotatable bonds is 6. The van der Waals surface area contributed by atoms with Crippen molar-refractivity contribution in [1.82, 2.24) is 10.5 Å². The molecule has 1 unspecified atom stereocenters. The van der Waals surface area contributed by atoms with Gasteiger partial charge in [0.25, 0.3) is 0 Å². The molecule has 0 fully saturated rings. The van der Waals surface area contributed by atoms with Crippen LogP contribution >= 0.6 is 0 Å². The van der Waals surface area contributed by atoms with Crippen molar-refractivity contribution in [3.05, 3.63) is 95.7 Å². The lowest BCUT2D eigenvalue weighted by Crippen LogP contribution is -2.24. The van der Waals surface area contributed by atoms with Crippen molar-refractivity contribution in [3.63, 3.8) is 0 Å². The van der Waals surface area contributed by atoms with Crippen molar-refractivity contribution in [1.29, 1.82) is 0 Å². The Labute approximate surface area is 187 Å². The standard InChI is InChI=1S/C27H24N2O3/c1-18-13-23-15-22(11-12-25(23)31-18)26-16-24(29-32-26)17-28-27(30)14-19-7-9-21(10-8-19)20-5-3-2-4-6-20/h2-12,15-16,18H,13-14,17H2,1H3,(H,28,30). The van der Waals surface area contributed by atoms with E-state index in [1.165, 1.54) is 5.56 Å². The molecule has 1 aliphatic heterocycles. The number of nitrogens with one attached hydrogen (secondary N) is 1. The van der Waals surface area contributed by atoms with Crippen LogP contribution in [0.3, 0.4) is 0 Å². The van der Waals surface area contributed by atoms with Crippen LogP contribution in [0.2, 0.25) is 0 Å². The number of aromatic nitrogens is 1. The van der Waals surface area contributed by atoms with Crippen LogP contribution in [0.15, 0.2) is 83.4 Å². The van der Waals surface area contributed by atoms with Crippen molar-refractivity contribution in [3.8, 4) is 28.2 Å². The number of fused-ring (bicyclic) bond motifs is 1. The zero-order chi connectivity index (χ0) is 21.9. The second-order valence-corrected chi connectivity index (χ2v) is 8.15. The van der Waals surface area contributed by atoms with E-state index >= 15 is 0 Å². The fourth-order valence-corrected chi connectivity index (χ4v) is 3.99. The van der Waals surface area contributed by atoms with Gasteiger partial charge in [0, 0.05) is 18.1 Å². The van der Waals surface area contributed by atoms with Gasteiger partial charge in [-0.15, -0.1) is 0 Å². The van der Waals surface area contributed by atoms with Gasteiger partial charge in [-0.2, -0.15) is 0 Å². The predicted octanol–water partition coefficient (Wildman–Crippen LogP) is 5.19. The molecule has 32 heavy (non-hydrogen) atoms. The molecule has 5 rings (SSSR count). The van der Waals surface area contributed by atoms with E-state index in [1.807, 2.05) is 60.7 Å². The highest BCUT2D eigenvalue weighted by Crippen LogP contribution is 2.33. The Hall–Kier alpha value is -3.86. The van der Waals surface area contributed by atoms with Gasteiger partial charge in [-0.05, 0) is 47.4 Å². The summed E-state index contributed by atoms with van der Waals surface area (Å²) in [4.78, 5) is 12.4. The van der Waals surface area contributed by atoms with Gasteiger partial charge in [0.05, 0.1) is 13.0 Å². The number of carbonyl (C=O) groups excluding carboxylic acids is 1. The summed E-state index contributed by atoms with van der Waals surface area (Å²) in [5.41, 5.74) is 6.10. The first-order valence-electron chi connectivity index (χ1n) is 10.8. The van der Waals surface area contributed by atoms with E-state index in [0.717, 1.165) is 34.4 Å². The lowest BCUT2D eigenvalue weighted by atomic mass is 10.0. The molecule has 1 aliphatic rings. The van der Waals surface area contributed by atoms with Crippen LogP contribution in [0.4, 0.5) is 0 Å². The van der Waals surface area contributed by atoms with Crippen LogP contribution in [0.5, 0.6) is 5.75 Å². The van der Waals surface area contributed by atoms with E-state index in [9.17, 15) is 4.79 Å². The Morgan fingerprint density at radius 2 is 1.72 bits per heavy atom. The quantitative estimate of drug-likeness (QED) is 0.463. The van der Waals surface area contributed by atoms with E-state index in [2.05, 4.69) is 35.6 Å². The Balaban J connectivity index is 1.17. The van der Waals surface area contributed by atoms with Gasteiger partial charge in [-0.25, -0.2) is 0 Å². The van der Waals surface area contributed by atoms with Gasteiger partial charge in [0.1, 0.15) is 17.5 Å². The van der Waals surface area contributed by atoms with Gasteiger partial charge in [-0.3, -0.25) is 4.79 Å². The van der Waals surface area contributed by atoms with Crippen LogP contribution in [0.1, 0.15) is 23.7 Å². The van der Waals surface area contributed by atoms with E-state index in [-0.39, 0.29) is 12.0 Å². The highest BCUT2D eigenvalue weighted by Gasteiger charge is 2.20. The maximum Gasteiger partial charge on any atom is 0.224 e. The molecule has 1 atom stereocenters. The maximum atomic E-state index is 12.4. The van der Waals surface area contributed by atoms with E-state index in [4.69, 9.17) is 9.26 Å². The summed E-state index contributed by atoms with van der Waals surface area (Å²) in [7, 11) is 0. The molecule has 3 aromatic carbocycles. The number of ether oxygens (including phenoxy) is 1. The molecule has 2 heterocycles. The number of hydrogen-bond acceptors (Lipinski definition) is 4. The summed E-state index contributed by atoms with van der Waals surface area (Å²) in [6, 6.07) is 26.2. The number of carbonyl (C=O) groups is 1. The third kappa shape index (κ3) is 4.42. The summed E-state index contributed by atoms with van der Waals surface area (Å²) in [5, 5.41) is 7.03. The second-order valence-electron chi connectivity index (χ2n) is 8.15. The lowest BCUT2D eigenvalue weighted by molar-refractivity contribution is -0.120. The summed E-state index contributed by atoms with van der Waals surface area (Å²) < 4.78 is 11.3. The van der Waals surface area contributed by atoms with Crippen LogP contribution in [0, 0.1) is 0 Å². The normalized spacial score (nSPS) is 14.6. The zero-order valence-electron chi connectivity index (χ0n) is 17.9. The largest absolute Gasteiger partial charge is 0.490 e. The molecule has 0 aliphatic carbocycles. The molecule has 1 N–H and O–H groups in total. The topological polar surface area (TPSA) is 64.4 Å². The summed E-state index contributed by atoms with van der Waals surface area (Å²) in [6.07, 6.45) is 1.42. The first kappa shape index (κ1) is 20.1. The average molecular weight is 425 g/mol. The SMILES string of the molecule is CC1Cc2cc(-c3cc(CNC(=O)Cc4ccc(-c5ccccc5)cc4)no3)ccc2O1. The van der Waals surface area contributed by atoms with Crippen molar-refractivity contribution in [2.24, 2.45) is 0 Å². The minimum absolute atomic E-state index is 0.0503. The molecule has 1 aromatic heterocycles. The van der Waals surface area contributed by atoms with E-state index < -0.39 is 0 Å². The van der Waals surface area contributed by atoms with Crippen LogP contribution in [-0.4, -0.2) is 17.2 Å². The summed E-state index contributed by atoms with van der Waals surface area (Å²) in [6.45, 7) is 2.39. The monoisotopic (exact) mass is 424 g/mol. The second kappa shape index (κ2) is 8.71. The molecule has 0 bridgehead atoms. The Morgan fingerprint density at radius 3 is 2.53 bits per heavy atom. The van der Waals surface area contributed by atoms with E-state index in [0.29, 0.717) is 24.4 Å². The first-order chi connectivity index (χ1) is 15.6. The van der Waals surface area contributed by atoms with Crippen molar-refractivity contribution < 1.29 is 14.1 Å². The van der Waals surface area contributed by atoms with Crippen molar-refractivity contribution in [2.75, 3.05) is 0 Å². The molecule has 0 spiro atoms. The minimum Gasteiger partial charge on any atom is -0.490 e. The van der Waals surface area contributed by atoms with Crippen LogP contribution in [-0.2, 0) is 24.2 Å². The molecule has 0 saturated heterocycles. The zero-order valence-corrected chi connectivity index (χ0v) is 17.9. The Morgan fingerprint density at radius 1 is 0.969 bits per heavy atom. The highest BCUT2D eigenvalue weighted by atomic mass is 16.5. The van der Waals surface area contributed by atoms with Gasteiger partial charge in [-0.1, -0.05) is 59.8 Å². The minimum atomic E-state index is -0.0503. The number of amides is 1. The summed E-state index contributed by atoms with van der Waals surface area (Å²) in [5.74, 6) is 1.57. The fraction of sp³-hybridized carbons (Fsp3) is 0.185. The molecular weight excluding hydrogens is 400 g/mol. The van der Waals surface area contributed by atoms with Gasteiger partial charge in [0.2, 0.25) is 5.91 Å². The molecule has 1 amide bonds. The van der Waals surface area contributed by atoms with Gasteiger partial charge in [0.15, 0.2) is 5.76 Å². The Bertz CT molecular complexity index is 1230. The molecular formula is C27H24N2O3. The smallest absolute Gasteiger partial charge is 0.224 e. The predicted molar refractivity (Wildman–Crippen MR) is 123 cm³/mol. The average Bonchev–Trinajstić information content (AvgIpc) is 3.44. The number of benzene rings is 3. The maximum absolute atomic E-state index is 12.4. The molecule has 5 nitrogen and oxygen atoms in total. The van der Waals surface area contributed by atoms with E-state index in [1.54, 1.807) is 0 Å². The first-order valence-corrected chi connectivity index (χ1v) is 10.8. The molecule has 0 saturated carbocycles. The third-order valence-corrected chi connectivity index (χ3v) is 5.63.